The lowest BCUT2D eigenvalue weighted by molar-refractivity contribution is 0.744. The summed E-state index contributed by atoms with van der Waals surface area (Å²) in [5, 5.41) is 3.30. The highest BCUT2D eigenvalue weighted by Gasteiger charge is 2.02. The molecule has 0 saturated heterocycles. The standard InChI is InChI=1S/C20H25N/c1-2-16-21-17-8-13-19-11-6-7-12-20(19)15-14-18-9-4-3-5-10-18/h2-7,9-12,16,21H,8,13-15,17H2,1H3. The summed E-state index contributed by atoms with van der Waals surface area (Å²) in [5.74, 6) is 0. The molecular formula is C20H25N. The predicted octanol–water partition coefficient (Wildman–Crippen LogP) is 4.53. The van der Waals surface area contributed by atoms with Gasteiger partial charge in [0, 0.05) is 6.54 Å². The Hall–Kier alpha value is -2.02. The molecule has 0 fully saturated rings. The van der Waals surface area contributed by atoms with Crippen molar-refractivity contribution < 1.29 is 0 Å². The molecule has 2 rings (SSSR count). The zero-order valence-electron chi connectivity index (χ0n) is 12.9. The topological polar surface area (TPSA) is 12.0 Å². The fourth-order valence-corrected chi connectivity index (χ4v) is 2.55. The molecule has 1 nitrogen and oxygen atoms in total. The third-order valence-electron chi connectivity index (χ3n) is 3.70. The Morgan fingerprint density at radius 3 is 2.19 bits per heavy atom. The van der Waals surface area contributed by atoms with Crippen LogP contribution >= 0.6 is 0 Å². The number of aryl methyl sites for hydroxylation is 3. The maximum Gasteiger partial charge on any atom is 0.0144 e. The quantitative estimate of drug-likeness (QED) is 0.700. The molecule has 0 radical (unpaired) electrons. The van der Waals surface area contributed by atoms with E-state index in [1.54, 1.807) is 0 Å². The number of rotatable bonds is 8. The van der Waals surface area contributed by atoms with Crippen LogP contribution in [-0.4, -0.2) is 6.54 Å². The molecule has 21 heavy (non-hydrogen) atoms. The molecule has 0 spiro atoms. The summed E-state index contributed by atoms with van der Waals surface area (Å²) in [4.78, 5) is 0. The Bertz CT molecular complexity index is 543. The fraction of sp³-hybridized carbons (Fsp3) is 0.300. The van der Waals surface area contributed by atoms with Gasteiger partial charge in [-0.2, -0.15) is 0 Å². The second-order valence-electron chi connectivity index (χ2n) is 5.31. The zero-order chi connectivity index (χ0) is 14.8. The van der Waals surface area contributed by atoms with Gasteiger partial charge in [-0.1, -0.05) is 60.7 Å². The van der Waals surface area contributed by atoms with Crippen LogP contribution in [0.2, 0.25) is 0 Å². The molecule has 1 N–H and O–H groups in total. The summed E-state index contributed by atoms with van der Waals surface area (Å²) in [6.45, 7) is 3.07. The zero-order valence-corrected chi connectivity index (χ0v) is 12.9. The third-order valence-corrected chi connectivity index (χ3v) is 3.70. The van der Waals surface area contributed by atoms with Crippen LogP contribution in [0.1, 0.15) is 30.0 Å². The minimum atomic E-state index is 1.04. The molecule has 110 valence electrons. The smallest absolute Gasteiger partial charge is 0.0144 e. The van der Waals surface area contributed by atoms with Crippen LogP contribution in [0.25, 0.3) is 0 Å². The van der Waals surface area contributed by atoms with Crippen molar-refractivity contribution in [2.24, 2.45) is 0 Å². The van der Waals surface area contributed by atoms with Crippen LogP contribution < -0.4 is 5.32 Å². The van der Waals surface area contributed by atoms with Gasteiger partial charge in [0.15, 0.2) is 0 Å². The number of hydrogen-bond donors (Lipinski definition) is 1. The number of hydrogen-bond acceptors (Lipinski definition) is 1. The van der Waals surface area contributed by atoms with Crippen molar-refractivity contribution in [3.63, 3.8) is 0 Å². The number of benzene rings is 2. The molecule has 0 bridgehead atoms. The monoisotopic (exact) mass is 279 g/mol. The first-order valence-corrected chi connectivity index (χ1v) is 7.85. The van der Waals surface area contributed by atoms with Crippen molar-refractivity contribution in [1.29, 1.82) is 0 Å². The average molecular weight is 279 g/mol. The van der Waals surface area contributed by atoms with Gasteiger partial charge in [-0.25, -0.2) is 0 Å². The van der Waals surface area contributed by atoms with Gasteiger partial charge in [0.05, 0.1) is 0 Å². The molecule has 0 atom stereocenters. The van der Waals surface area contributed by atoms with Crippen LogP contribution in [0.5, 0.6) is 0 Å². The van der Waals surface area contributed by atoms with Gasteiger partial charge in [0.25, 0.3) is 0 Å². The SMILES string of the molecule is CC=CNCCCc1ccccc1CCc1ccccc1. The van der Waals surface area contributed by atoms with Crippen molar-refractivity contribution in [2.45, 2.75) is 32.6 Å². The molecular weight excluding hydrogens is 254 g/mol. The Balaban J connectivity index is 1.87. The summed E-state index contributed by atoms with van der Waals surface area (Å²) in [6, 6.07) is 19.6. The molecule has 0 unspecified atom stereocenters. The molecule has 1 heteroatoms. The van der Waals surface area contributed by atoms with Gasteiger partial charge in [-0.05, 0) is 55.5 Å². The van der Waals surface area contributed by atoms with E-state index in [2.05, 4.69) is 59.9 Å². The Kier molecular flexibility index (Phi) is 6.60. The van der Waals surface area contributed by atoms with Crippen molar-refractivity contribution in [1.82, 2.24) is 5.32 Å². The predicted molar refractivity (Wildman–Crippen MR) is 91.4 cm³/mol. The van der Waals surface area contributed by atoms with E-state index in [9.17, 15) is 0 Å². The van der Waals surface area contributed by atoms with E-state index in [-0.39, 0.29) is 0 Å². The van der Waals surface area contributed by atoms with E-state index in [0.29, 0.717) is 0 Å². The Morgan fingerprint density at radius 1 is 0.810 bits per heavy atom. The average Bonchev–Trinajstić information content (AvgIpc) is 2.55. The second kappa shape index (κ2) is 9.02. The highest BCUT2D eigenvalue weighted by molar-refractivity contribution is 5.28. The van der Waals surface area contributed by atoms with E-state index in [0.717, 1.165) is 25.8 Å². The van der Waals surface area contributed by atoms with Gasteiger partial charge in [-0.3, -0.25) is 0 Å². The maximum atomic E-state index is 3.30. The molecule has 0 aromatic heterocycles. The first kappa shape index (κ1) is 15.4. The van der Waals surface area contributed by atoms with Gasteiger partial charge in [0.2, 0.25) is 0 Å². The van der Waals surface area contributed by atoms with E-state index < -0.39 is 0 Å². The summed E-state index contributed by atoms with van der Waals surface area (Å²) in [6.07, 6.45) is 8.62. The summed E-state index contributed by atoms with van der Waals surface area (Å²) in [7, 11) is 0. The van der Waals surface area contributed by atoms with E-state index in [4.69, 9.17) is 0 Å². The van der Waals surface area contributed by atoms with E-state index in [1.807, 2.05) is 19.2 Å². The highest BCUT2D eigenvalue weighted by Crippen LogP contribution is 2.14. The third kappa shape index (κ3) is 5.47. The Morgan fingerprint density at radius 2 is 1.48 bits per heavy atom. The van der Waals surface area contributed by atoms with Gasteiger partial charge in [-0.15, -0.1) is 0 Å². The van der Waals surface area contributed by atoms with Crippen molar-refractivity contribution in [2.75, 3.05) is 6.54 Å². The van der Waals surface area contributed by atoms with Gasteiger partial charge in [0.1, 0.15) is 0 Å². The molecule has 0 aliphatic rings. The van der Waals surface area contributed by atoms with Crippen LogP contribution in [0.15, 0.2) is 66.9 Å². The maximum absolute atomic E-state index is 3.30. The normalized spacial score (nSPS) is 10.9. The second-order valence-corrected chi connectivity index (χ2v) is 5.31. The fourth-order valence-electron chi connectivity index (χ4n) is 2.55. The summed E-state index contributed by atoms with van der Waals surface area (Å²) < 4.78 is 0. The van der Waals surface area contributed by atoms with Gasteiger partial charge < -0.3 is 5.32 Å². The summed E-state index contributed by atoms with van der Waals surface area (Å²) in [5.41, 5.74) is 4.41. The van der Waals surface area contributed by atoms with Crippen LogP contribution in [-0.2, 0) is 19.3 Å². The molecule has 2 aromatic rings. The van der Waals surface area contributed by atoms with Crippen LogP contribution in [0, 0.1) is 0 Å². The van der Waals surface area contributed by atoms with Gasteiger partial charge >= 0.3 is 0 Å². The number of allylic oxidation sites excluding steroid dienone is 1. The molecule has 0 heterocycles. The highest BCUT2D eigenvalue weighted by atomic mass is 14.8. The minimum absolute atomic E-state index is 1.04. The lowest BCUT2D eigenvalue weighted by Gasteiger charge is -2.10. The van der Waals surface area contributed by atoms with Crippen molar-refractivity contribution >= 4 is 0 Å². The van der Waals surface area contributed by atoms with Crippen molar-refractivity contribution in [3.05, 3.63) is 83.6 Å². The van der Waals surface area contributed by atoms with E-state index in [1.165, 1.54) is 23.1 Å². The number of nitrogens with one attached hydrogen (secondary N) is 1. The molecule has 0 aliphatic heterocycles. The van der Waals surface area contributed by atoms with Crippen LogP contribution in [0.4, 0.5) is 0 Å². The lowest BCUT2D eigenvalue weighted by atomic mass is 9.97. The van der Waals surface area contributed by atoms with E-state index >= 15 is 0 Å². The molecule has 2 aromatic carbocycles. The first-order chi connectivity index (χ1) is 10.4. The molecule has 0 aliphatic carbocycles. The Labute approximate surface area is 128 Å². The first-order valence-electron chi connectivity index (χ1n) is 7.85. The lowest BCUT2D eigenvalue weighted by Crippen LogP contribution is -2.08. The minimum Gasteiger partial charge on any atom is -0.391 e. The molecule has 0 amide bonds. The molecule has 0 saturated carbocycles. The van der Waals surface area contributed by atoms with Crippen LogP contribution in [0.3, 0.4) is 0 Å². The van der Waals surface area contributed by atoms with Crippen molar-refractivity contribution in [3.8, 4) is 0 Å². The largest absolute Gasteiger partial charge is 0.391 e. The summed E-state index contributed by atoms with van der Waals surface area (Å²) >= 11 is 0.